The Balaban J connectivity index is 1.69. The third-order valence-corrected chi connectivity index (χ3v) is 7.31. The predicted molar refractivity (Wildman–Crippen MR) is 148 cm³/mol. The van der Waals surface area contributed by atoms with Crippen LogP contribution >= 0.6 is 0 Å². The van der Waals surface area contributed by atoms with Gasteiger partial charge in [-0.1, -0.05) is 72.8 Å². The number of fused-ring (bicyclic) bond motifs is 3. The first kappa shape index (κ1) is 26.0. The number of carbonyl (C=O) groups is 2. The summed E-state index contributed by atoms with van der Waals surface area (Å²) in [6.45, 7) is 3.65. The van der Waals surface area contributed by atoms with E-state index in [0.717, 1.165) is 22.3 Å². The summed E-state index contributed by atoms with van der Waals surface area (Å²) in [4.78, 5) is 23.3. The maximum Gasteiger partial charge on any atom is 0.343 e. The van der Waals surface area contributed by atoms with Gasteiger partial charge in [-0.05, 0) is 70.5 Å². The van der Waals surface area contributed by atoms with E-state index in [1.807, 2.05) is 26.0 Å². The number of hydrogen-bond donors (Lipinski definition) is 0. The van der Waals surface area contributed by atoms with Crippen molar-refractivity contribution >= 4 is 11.9 Å². The Bertz CT molecular complexity index is 1440. The molecule has 0 aliphatic heterocycles. The van der Waals surface area contributed by atoms with Gasteiger partial charge in [-0.3, -0.25) is 0 Å². The first-order valence-corrected chi connectivity index (χ1v) is 12.7. The summed E-state index contributed by atoms with van der Waals surface area (Å²) in [6, 6.07) is 29.2. The van der Waals surface area contributed by atoms with Crippen molar-refractivity contribution in [2.75, 3.05) is 27.4 Å². The number of hydrogen-bond acceptors (Lipinski definition) is 6. The van der Waals surface area contributed by atoms with E-state index in [1.54, 1.807) is 0 Å². The molecule has 39 heavy (non-hydrogen) atoms. The second-order valence-electron chi connectivity index (χ2n) is 9.53. The molecule has 0 N–H and O–H groups in total. The summed E-state index contributed by atoms with van der Waals surface area (Å²) in [5.41, 5.74) is 8.08. The van der Waals surface area contributed by atoms with E-state index in [4.69, 9.17) is 18.9 Å². The average Bonchev–Trinajstić information content (AvgIpc) is 3.26. The highest BCUT2D eigenvalue weighted by Crippen LogP contribution is 2.56. The van der Waals surface area contributed by atoms with Crippen LogP contribution in [0.2, 0.25) is 0 Å². The Hall–Kier alpha value is -4.58. The van der Waals surface area contributed by atoms with Gasteiger partial charge in [0.2, 0.25) is 0 Å². The summed E-state index contributed by atoms with van der Waals surface area (Å²) in [5.74, 6) is 0.389. The second-order valence-corrected chi connectivity index (χ2v) is 9.53. The lowest BCUT2D eigenvalue weighted by molar-refractivity contribution is -0.143. The van der Waals surface area contributed by atoms with Gasteiger partial charge in [0.25, 0.3) is 0 Å². The molecule has 0 saturated heterocycles. The molecular weight excluding hydrogens is 492 g/mol. The zero-order chi connectivity index (χ0) is 27.6. The van der Waals surface area contributed by atoms with Gasteiger partial charge in [0.1, 0.15) is 11.5 Å². The molecule has 0 saturated carbocycles. The summed E-state index contributed by atoms with van der Waals surface area (Å²) in [6.07, 6.45) is 0. The molecule has 0 spiro atoms. The monoisotopic (exact) mass is 522 g/mol. The standard InChI is InChI=1S/C33H30O6/c1-21-17-23(13-15-29(21)38-19-31(34)36-3)33(24-14-16-30(22(2)18-24)39-20-32(35)37-4)27-11-7-5-9-25(27)26-10-6-8-12-28(26)33/h5-18H,19-20H2,1-4H3. The maximum atomic E-state index is 11.7. The van der Waals surface area contributed by atoms with E-state index in [1.165, 1.54) is 36.5 Å². The Morgan fingerprint density at radius 2 is 1.03 bits per heavy atom. The topological polar surface area (TPSA) is 71.1 Å². The number of esters is 2. The summed E-state index contributed by atoms with van der Waals surface area (Å²) in [5, 5.41) is 0. The van der Waals surface area contributed by atoms with Crippen molar-refractivity contribution in [1.29, 1.82) is 0 Å². The zero-order valence-corrected chi connectivity index (χ0v) is 22.4. The number of carbonyl (C=O) groups excluding carboxylic acids is 2. The molecule has 0 fully saturated rings. The third kappa shape index (κ3) is 4.52. The summed E-state index contributed by atoms with van der Waals surface area (Å²) in [7, 11) is 2.68. The lowest BCUT2D eigenvalue weighted by Crippen LogP contribution is -2.29. The molecule has 1 aliphatic rings. The smallest absolute Gasteiger partial charge is 0.343 e. The minimum atomic E-state index is -0.607. The molecule has 198 valence electrons. The molecule has 0 bridgehead atoms. The highest BCUT2D eigenvalue weighted by Gasteiger charge is 2.46. The molecule has 0 amide bonds. The molecule has 0 unspecified atom stereocenters. The normalized spacial score (nSPS) is 12.7. The van der Waals surface area contributed by atoms with Crippen molar-refractivity contribution in [2.24, 2.45) is 0 Å². The van der Waals surface area contributed by atoms with Gasteiger partial charge in [0.05, 0.1) is 19.6 Å². The van der Waals surface area contributed by atoms with Crippen LogP contribution in [0.25, 0.3) is 11.1 Å². The fourth-order valence-corrected chi connectivity index (χ4v) is 5.50. The van der Waals surface area contributed by atoms with E-state index >= 15 is 0 Å². The number of aryl methyl sites for hydroxylation is 2. The van der Waals surface area contributed by atoms with Crippen LogP contribution in [0.1, 0.15) is 33.4 Å². The highest BCUT2D eigenvalue weighted by atomic mass is 16.6. The molecule has 0 atom stereocenters. The molecule has 5 rings (SSSR count). The van der Waals surface area contributed by atoms with E-state index in [0.29, 0.717) is 11.5 Å². The molecule has 4 aromatic rings. The van der Waals surface area contributed by atoms with Crippen molar-refractivity contribution in [1.82, 2.24) is 0 Å². The minimum absolute atomic E-state index is 0.153. The average molecular weight is 523 g/mol. The lowest BCUT2D eigenvalue weighted by Gasteiger charge is -2.34. The molecule has 1 aliphatic carbocycles. The first-order valence-electron chi connectivity index (χ1n) is 12.7. The Morgan fingerprint density at radius 1 is 0.615 bits per heavy atom. The molecule has 0 aromatic heterocycles. The fraction of sp³-hybridized carbons (Fsp3) is 0.212. The van der Waals surface area contributed by atoms with E-state index in [-0.39, 0.29) is 13.2 Å². The van der Waals surface area contributed by atoms with Crippen LogP contribution in [0.4, 0.5) is 0 Å². The molecule has 0 heterocycles. The Kier molecular flexibility index (Phi) is 7.11. The number of ether oxygens (including phenoxy) is 4. The van der Waals surface area contributed by atoms with E-state index in [9.17, 15) is 9.59 Å². The second kappa shape index (κ2) is 10.7. The van der Waals surface area contributed by atoms with Gasteiger partial charge in [0.15, 0.2) is 13.2 Å². The SMILES string of the molecule is COC(=O)COc1ccc(C2(c3ccc(OCC(=O)OC)c(C)c3)c3ccccc3-c3ccccc32)cc1C. The van der Waals surface area contributed by atoms with Crippen molar-refractivity contribution in [2.45, 2.75) is 19.3 Å². The number of benzene rings is 4. The quantitative estimate of drug-likeness (QED) is 0.241. The Labute approximate surface area is 228 Å². The van der Waals surface area contributed by atoms with Crippen LogP contribution in [0, 0.1) is 13.8 Å². The van der Waals surface area contributed by atoms with Gasteiger partial charge in [-0.25, -0.2) is 9.59 Å². The largest absolute Gasteiger partial charge is 0.482 e. The van der Waals surface area contributed by atoms with Crippen molar-refractivity contribution < 1.29 is 28.5 Å². The lowest BCUT2D eigenvalue weighted by atomic mass is 9.67. The van der Waals surface area contributed by atoms with Crippen LogP contribution in [-0.2, 0) is 24.5 Å². The van der Waals surface area contributed by atoms with Crippen LogP contribution in [0.15, 0.2) is 84.9 Å². The maximum absolute atomic E-state index is 11.7. The summed E-state index contributed by atoms with van der Waals surface area (Å²) >= 11 is 0. The summed E-state index contributed by atoms with van der Waals surface area (Å²) < 4.78 is 20.9. The highest BCUT2D eigenvalue weighted by molar-refractivity contribution is 5.86. The number of methoxy groups -OCH3 is 2. The minimum Gasteiger partial charge on any atom is -0.482 e. The van der Waals surface area contributed by atoms with Gasteiger partial charge >= 0.3 is 11.9 Å². The van der Waals surface area contributed by atoms with Crippen LogP contribution in [-0.4, -0.2) is 39.4 Å². The third-order valence-electron chi connectivity index (χ3n) is 7.31. The van der Waals surface area contributed by atoms with Crippen LogP contribution < -0.4 is 9.47 Å². The predicted octanol–water partition coefficient (Wildman–Crippen LogP) is 5.77. The Morgan fingerprint density at radius 3 is 1.41 bits per heavy atom. The fourth-order valence-electron chi connectivity index (χ4n) is 5.50. The molecule has 6 nitrogen and oxygen atoms in total. The molecular formula is C33H30O6. The van der Waals surface area contributed by atoms with E-state index < -0.39 is 17.4 Å². The number of rotatable bonds is 8. The van der Waals surface area contributed by atoms with Gasteiger partial charge < -0.3 is 18.9 Å². The van der Waals surface area contributed by atoms with Gasteiger partial charge in [0, 0.05) is 0 Å². The van der Waals surface area contributed by atoms with Crippen molar-refractivity contribution in [3.05, 3.63) is 118 Å². The zero-order valence-electron chi connectivity index (χ0n) is 22.4. The van der Waals surface area contributed by atoms with Gasteiger partial charge in [-0.15, -0.1) is 0 Å². The first-order chi connectivity index (χ1) is 18.9. The van der Waals surface area contributed by atoms with Crippen molar-refractivity contribution in [3.8, 4) is 22.6 Å². The molecule has 4 aromatic carbocycles. The van der Waals surface area contributed by atoms with E-state index in [2.05, 4.69) is 72.8 Å². The van der Waals surface area contributed by atoms with Crippen LogP contribution in [0.5, 0.6) is 11.5 Å². The molecule has 6 heteroatoms. The van der Waals surface area contributed by atoms with Crippen molar-refractivity contribution in [3.63, 3.8) is 0 Å². The van der Waals surface area contributed by atoms with Gasteiger partial charge in [-0.2, -0.15) is 0 Å². The van der Waals surface area contributed by atoms with Crippen LogP contribution in [0.3, 0.4) is 0 Å². The molecule has 0 radical (unpaired) electrons.